The minimum atomic E-state index is -0.679. The topological polar surface area (TPSA) is 47.3 Å². The summed E-state index contributed by atoms with van der Waals surface area (Å²) in [6.07, 6.45) is 0.931. The van der Waals surface area contributed by atoms with E-state index in [0.717, 1.165) is 4.88 Å². The number of aromatic nitrogens is 2. The lowest BCUT2D eigenvalue weighted by Gasteiger charge is -2.11. The third-order valence-corrected chi connectivity index (χ3v) is 3.51. The highest BCUT2D eigenvalue weighted by atomic mass is 32.1. The van der Waals surface area contributed by atoms with Crippen LogP contribution in [-0.4, -0.2) is 22.0 Å². The number of methoxy groups -OCH3 is 1. The first-order valence-electron chi connectivity index (χ1n) is 4.93. The summed E-state index contributed by atoms with van der Waals surface area (Å²) >= 11 is 1.58. The molecule has 2 aromatic rings. The molecule has 2 rings (SSSR count). The first-order chi connectivity index (χ1) is 7.63. The molecule has 0 aliphatic carbocycles. The van der Waals surface area contributed by atoms with Gasteiger partial charge in [0, 0.05) is 16.8 Å². The van der Waals surface area contributed by atoms with Crippen molar-refractivity contribution in [1.82, 2.24) is 9.78 Å². The molecule has 1 atom stereocenters. The predicted octanol–water partition coefficient (Wildman–Crippen LogP) is 1.88. The van der Waals surface area contributed by atoms with Gasteiger partial charge in [-0.3, -0.25) is 4.68 Å². The van der Waals surface area contributed by atoms with E-state index < -0.39 is 6.10 Å². The lowest BCUT2D eigenvalue weighted by Crippen LogP contribution is -2.06. The van der Waals surface area contributed by atoms with E-state index in [1.165, 1.54) is 4.88 Å². The van der Waals surface area contributed by atoms with Crippen molar-refractivity contribution < 1.29 is 9.84 Å². The Kier molecular flexibility index (Phi) is 2.98. The van der Waals surface area contributed by atoms with Gasteiger partial charge in [-0.1, -0.05) is 0 Å². The fraction of sp³-hybridized carbons (Fsp3) is 0.364. The second-order valence-electron chi connectivity index (χ2n) is 3.57. The third-order valence-electron chi connectivity index (χ3n) is 2.46. The van der Waals surface area contributed by atoms with Crippen molar-refractivity contribution in [3.8, 4) is 5.75 Å². The standard InChI is InChI=1S/C11H14N2O2S/c1-7-4-5-9(16-7)11(14)10-8(15-3)6-12-13(10)2/h4-6,11,14H,1-3H3. The zero-order chi connectivity index (χ0) is 11.7. The molecule has 0 saturated heterocycles. The van der Waals surface area contributed by atoms with Crippen LogP contribution in [0.4, 0.5) is 0 Å². The van der Waals surface area contributed by atoms with Crippen LogP contribution in [0.5, 0.6) is 5.75 Å². The molecule has 1 N–H and O–H groups in total. The van der Waals surface area contributed by atoms with Gasteiger partial charge >= 0.3 is 0 Å². The van der Waals surface area contributed by atoms with E-state index in [1.54, 1.807) is 36.4 Å². The molecule has 16 heavy (non-hydrogen) atoms. The van der Waals surface area contributed by atoms with E-state index in [9.17, 15) is 5.11 Å². The number of hydrogen-bond acceptors (Lipinski definition) is 4. The largest absolute Gasteiger partial charge is 0.493 e. The fourth-order valence-corrected chi connectivity index (χ4v) is 2.50. The minimum Gasteiger partial charge on any atom is -0.493 e. The summed E-state index contributed by atoms with van der Waals surface area (Å²) in [5.74, 6) is 0.612. The SMILES string of the molecule is COc1cnn(C)c1C(O)c1ccc(C)s1. The van der Waals surface area contributed by atoms with Crippen molar-refractivity contribution in [2.75, 3.05) is 7.11 Å². The molecule has 4 nitrogen and oxygen atoms in total. The second kappa shape index (κ2) is 4.27. The van der Waals surface area contributed by atoms with Crippen molar-refractivity contribution in [3.63, 3.8) is 0 Å². The summed E-state index contributed by atoms with van der Waals surface area (Å²) in [6, 6.07) is 3.92. The van der Waals surface area contributed by atoms with E-state index in [1.807, 2.05) is 19.1 Å². The highest BCUT2D eigenvalue weighted by Gasteiger charge is 2.21. The summed E-state index contributed by atoms with van der Waals surface area (Å²) in [4.78, 5) is 2.08. The molecule has 0 amide bonds. The number of aryl methyl sites for hydroxylation is 2. The number of thiophene rings is 1. The van der Waals surface area contributed by atoms with Crippen LogP contribution in [0.2, 0.25) is 0 Å². The number of aliphatic hydroxyl groups is 1. The first-order valence-corrected chi connectivity index (χ1v) is 5.75. The second-order valence-corrected chi connectivity index (χ2v) is 4.89. The molecule has 0 aromatic carbocycles. The molecule has 0 aliphatic rings. The summed E-state index contributed by atoms with van der Waals surface area (Å²) in [5.41, 5.74) is 0.685. The fourth-order valence-electron chi connectivity index (χ4n) is 1.63. The van der Waals surface area contributed by atoms with Crippen molar-refractivity contribution in [2.24, 2.45) is 7.05 Å². The molecule has 0 saturated carbocycles. The van der Waals surface area contributed by atoms with Crippen molar-refractivity contribution in [3.05, 3.63) is 33.8 Å². The molecule has 0 radical (unpaired) electrons. The molecule has 86 valence electrons. The lowest BCUT2D eigenvalue weighted by atomic mass is 10.2. The van der Waals surface area contributed by atoms with Crippen LogP contribution in [0.1, 0.15) is 21.6 Å². The van der Waals surface area contributed by atoms with Gasteiger partial charge in [0.15, 0.2) is 5.75 Å². The number of rotatable bonds is 3. The van der Waals surface area contributed by atoms with Gasteiger partial charge < -0.3 is 9.84 Å². The van der Waals surface area contributed by atoms with Crippen LogP contribution in [0, 0.1) is 6.92 Å². The first kappa shape index (κ1) is 11.2. The van der Waals surface area contributed by atoms with E-state index in [-0.39, 0.29) is 0 Å². The molecule has 2 heterocycles. The lowest BCUT2D eigenvalue weighted by molar-refractivity contribution is 0.208. The van der Waals surface area contributed by atoms with E-state index in [4.69, 9.17) is 4.74 Å². The van der Waals surface area contributed by atoms with Gasteiger partial charge in [-0.15, -0.1) is 11.3 Å². The molecule has 0 spiro atoms. The molecule has 0 bridgehead atoms. The minimum absolute atomic E-state index is 0.612. The van der Waals surface area contributed by atoms with Crippen LogP contribution in [0.15, 0.2) is 18.3 Å². The number of hydrogen-bond donors (Lipinski definition) is 1. The predicted molar refractivity (Wildman–Crippen MR) is 62.9 cm³/mol. The third kappa shape index (κ3) is 1.83. The monoisotopic (exact) mass is 238 g/mol. The van der Waals surface area contributed by atoms with Crippen LogP contribution in [-0.2, 0) is 7.05 Å². The Morgan fingerprint density at radius 2 is 2.25 bits per heavy atom. The maximum absolute atomic E-state index is 10.3. The quantitative estimate of drug-likeness (QED) is 0.888. The van der Waals surface area contributed by atoms with Crippen molar-refractivity contribution in [1.29, 1.82) is 0 Å². The van der Waals surface area contributed by atoms with Gasteiger partial charge in [-0.2, -0.15) is 5.10 Å². The number of nitrogens with zero attached hydrogens (tertiary/aromatic N) is 2. The van der Waals surface area contributed by atoms with E-state index in [2.05, 4.69) is 5.10 Å². The average molecular weight is 238 g/mol. The molecule has 2 aromatic heterocycles. The molecule has 0 fully saturated rings. The van der Waals surface area contributed by atoms with Gasteiger partial charge in [0.1, 0.15) is 11.8 Å². The smallest absolute Gasteiger partial charge is 0.163 e. The van der Waals surface area contributed by atoms with Crippen molar-refractivity contribution in [2.45, 2.75) is 13.0 Å². The Bertz CT molecular complexity index is 490. The van der Waals surface area contributed by atoms with Crippen LogP contribution < -0.4 is 4.74 Å². The molecular formula is C11H14N2O2S. The zero-order valence-corrected chi connectivity index (χ0v) is 10.3. The Hall–Kier alpha value is -1.33. The molecular weight excluding hydrogens is 224 g/mol. The summed E-state index contributed by atoms with van der Waals surface area (Å²) in [6.45, 7) is 2.02. The Labute approximate surface area is 98.1 Å². The zero-order valence-electron chi connectivity index (χ0n) is 9.47. The van der Waals surface area contributed by atoms with E-state index in [0.29, 0.717) is 11.4 Å². The maximum atomic E-state index is 10.3. The molecule has 0 aliphatic heterocycles. The maximum Gasteiger partial charge on any atom is 0.163 e. The number of aliphatic hydroxyl groups excluding tert-OH is 1. The van der Waals surface area contributed by atoms with Gasteiger partial charge in [0.05, 0.1) is 13.3 Å². The average Bonchev–Trinajstić information content (AvgIpc) is 2.83. The van der Waals surface area contributed by atoms with Crippen LogP contribution in [0.25, 0.3) is 0 Å². The van der Waals surface area contributed by atoms with Gasteiger partial charge in [0.25, 0.3) is 0 Å². The van der Waals surface area contributed by atoms with Crippen LogP contribution >= 0.6 is 11.3 Å². The molecule has 5 heteroatoms. The van der Waals surface area contributed by atoms with E-state index >= 15 is 0 Å². The Balaban J connectivity index is 2.40. The Morgan fingerprint density at radius 3 is 2.81 bits per heavy atom. The Morgan fingerprint density at radius 1 is 1.50 bits per heavy atom. The normalized spacial score (nSPS) is 12.8. The van der Waals surface area contributed by atoms with Gasteiger partial charge in [0.2, 0.25) is 0 Å². The summed E-state index contributed by atoms with van der Waals surface area (Å²) < 4.78 is 6.81. The van der Waals surface area contributed by atoms with Gasteiger partial charge in [-0.25, -0.2) is 0 Å². The highest BCUT2D eigenvalue weighted by molar-refractivity contribution is 7.12. The van der Waals surface area contributed by atoms with Crippen LogP contribution in [0.3, 0.4) is 0 Å². The molecule has 1 unspecified atom stereocenters. The van der Waals surface area contributed by atoms with Crippen molar-refractivity contribution >= 4 is 11.3 Å². The summed E-state index contributed by atoms with van der Waals surface area (Å²) in [5, 5.41) is 14.3. The highest BCUT2D eigenvalue weighted by Crippen LogP contribution is 2.32. The van der Waals surface area contributed by atoms with Gasteiger partial charge in [-0.05, 0) is 19.1 Å². The summed E-state index contributed by atoms with van der Waals surface area (Å²) in [7, 11) is 3.37. The number of ether oxygens (including phenoxy) is 1.